The number of aryl methyl sites for hydroxylation is 1. The van der Waals surface area contributed by atoms with Crippen molar-refractivity contribution < 1.29 is 4.74 Å². The van der Waals surface area contributed by atoms with Crippen LogP contribution in [-0.2, 0) is 0 Å². The third-order valence-electron chi connectivity index (χ3n) is 5.13. The zero-order chi connectivity index (χ0) is 13.7. The molecule has 3 rings (SSSR count). The van der Waals surface area contributed by atoms with E-state index in [-0.39, 0.29) is 6.04 Å². The zero-order valence-corrected chi connectivity index (χ0v) is 13.5. The molecule has 0 amide bonds. The SMILES string of the molecule is COc1c(C)cc(Br)c(C)c1C(N)C1C2CCCC21. The van der Waals surface area contributed by atoms with Gasteiger partial charge in [-0.15, -0.1) is 0 Å². The Labute approximate surface area is 123 Å². The molecule has 0 aliphatic heterocycles. The monoisotopic (exact) mass is 323 g/mol. The predicted octanol–water partition coefficient (Wildman–Crippen LogP) is 4.12. The van der Waals surface area contributed by atoms with E-state index in [0.717, 1.165) is 27.6 Å². The molecule has 0 aromatic heterocycles. The minimum Gasteiger partial charge on any atom is -0.496 e. The number of fused-ring (bicyclic) bond motifs is 1. The highest BCUT2D eigenvalue weighted by atomic mass is 79.9. The molecule has 3 unspecified atom stereocenters. The maximum atomic E-state index is 6.60. The molecule has 3 atom stereocenters. The van der Waals surface area contributed by atoms with Gasteiger partial charge in [-0.25, -0.2) is 0 Å². The summed E-state index contributed by atoms with van der Waals surface area (Å²) in [5, 5.41) is 0. The van der Waals surface area contributed by atoms with Gasteiger partial charge in [-0.3, -0.25) is 0 Å². The van der Waals surface area contributed by atoms with Crippen LogP contribution in [0.3, 0.4) is 0 Å². The summed E-state index contributed by atoms with van der Waals surface area (Å²) < 4.78 is 6.77. The zero-order valence-electron chi connectivity index (χ0n) is 11.9. The van der Waals surface area contributed by atoms with E-state index in [4.69, 9.17) is 10.5 Å². The number of nitrogens with two attached hydrogens (primary N) is 1. The van der Waals surface area contributed by atoms with Gasteiger partial charge in [-0.1, -0.05) is 22.4 Å². The average Bonchev–Trinajstić information content (AvgIpc) is 2.85. The molecule has 0 spiro atoms. The van der Waals surface area contributed by atoms with Crippen molar-refractivity contribution in [3.8, 4) is 5.75 Å². The van der Waals surface area contributed by atoms with Crippen LogP contribution in [0.5, 0.6) is 5.75 Å². The Balaban J connectivity index is 1.99. The van der Waals surface area contributed by atoms with Crippen LogP contribution in [0.15, 0.2) is 10.5 Å². The first kappa shape index (κ1) is 13.4. The van der Waals surface area contributed by atoms with E-state index in [1.807, 2.05) is 0 Å². The first-order chi connectivity index (χ1) is 9.06. The highest BCUT2D eigenvalue weighted by molar-refractivity contribution is 9.10. The summed E-state index contributed by atoms with van der Waals surface area (Å²) in [4.78, 5) is 0. The fourth-order valence-electron chi connectivity index (χ4n) is 4.15. The Morgan fingerprint density at radius 2 is 1.95 bits per heavy atom. The Hall–Kier alpha value is -0.540. The van der Waals surface area contributed by atoms with Gasteiger partial charge in [-0.2, -0.15) is 0 Å². The molecule has 104 valence electrons. The van der Waals surface area contributed by atoms with Crippen LogP contribution in [0.25, 0.3) is 0 Å². The van der Waals surface area contributed by atoms with Crippen LogP contribution in [0.2, 0.25) is 0 Å². The Kier molecular flexibility index (Phi) is 3.38. The van der Waals surface area contributed by atoms with Crippen molar-refractivity contribution in [1.82, 2.24) is 0 Å². The number of ether oxygens (including phenoxy) is 1. The average molecular weight is 324 g/mol. The van der Waals surface area contributed by atoms with Crippen LogP contribution in [-0.4, -0.2) is 7.11 Å². The minimum atomic E-state index is 0.126. The van der Waals surface area contributed by atoms with Crippen molar-refractivity contribution in [2.45, 2.75) is 39.2 Å². The number of hydrogen-bond donors (Lipinski definition) is 1. The number of hydrogen-bond acceptors (Lipinski definition) is 2. The molecule has 1 aromatic rings. The van der Waals surface area contributed by atoms with Gasteiger partial charge in [0.1, 0.15) is 5.75 Å². The van der Waals surface area contributed by atoms with Crippen molar-refractivity contribution in [2.24, 2.45) is 23.5 Å². The summed E-state index contributed by atoms with van der Waals surface area (Å²) in [6.07, 6.45) is 4.14. The molecule has 2 fully saturated rings. The second-order valence-electron chi connectivity index (χ2n) is 6.11. The fourth-order valence-corrected chi connectivity index (χ4v) is 4.71. The van der Waals surface area contributed by atoms with Crippen molar-refractivity contribution in [2.75, 3.05) is 7.11 Å². The Morgan fingerprint density at radius 3 is 2.53 bits per heavy atom. The van der Waals surface area contributed by atoms with Gasteiger partial charge < -0.3 is 10.5 Å². The van der Waals surface area contributed by atoms with Gasteiger partial charge in [0.2, 0.25) is 0 Å². The molecule has 3 heteroatoms. The molecule has 1 aromatic carbocycles. The second kappa shape index (κ2) is 4.78. The number of halogens is 1. The summed E-state index contributed by atoms with van der Waals surface area (Å²) in [6.45, 7) is 4.23. The van der Waals surface area contributed by atoms with E-state index in [1.54, 1.807) is 7.11 Å². The van der Waals surface area contributed by atoms with Gasteiger partial charge in [0.15, 0.2) is 0 Å². The van der Waals surface area contributed by atoms with Gasteiger partial charge in [-0.05, 0) is 61.6 Å². The highest BCUT2D eigenvalue weighted by Crippen LogP contribution is 2.62. The molecule has 0 saturated heterocycles. The van der Waals surface area contributed by atoms with E-state index in [0.29, 0.717) is 5.92 Å². The molecule has 0 bridgehead atoms. The lowest BCUT2D eigenvalue weighted by Crippen LogP contribution is -2.18. The van der Waals surface area contributed by atoms with Gasteiger partial charge in [0, 0.05) is 16.1 Å². The molecular formula is C16H22BrNO. The van der Waals surface area contributed by atoms with E-state index in [1.165, 1.54) is 30.4 Å². The number of methoxy groups -OCH3 is 1. The molecule has 0 heterocycles. The smallest absolute Gasteiger partial charge is 0.126 e. The van der Waals surface area contributed by atoms with E-state index in [2.05, 4.69) is 35.8 Å². The Bertz CT molecular complexity index is 504. The van der Waals surface area contributed by atoms with Crippen molar-refractivity contribution >= 4 is 15.9 Å². The molecule has 2 aliphatic carbocycles. The van der Waals surface area contributed by atoms with Crippen LogP contribution in [0, 0.1) is 31.6 Å². The molecule has 2 N–H and O–H groups in total. The highest BCUT2D eigenvalue weighted by Gasteiger charge is 2.55. The van der Waals surface area contributed by atoms with Gasteiger partial charge >= 0.3 is 0 Å². The molecule has 19 heavy (non-hydrogen) atoms. The fraction of sp³-hybridized carbons (Fsp3) is 0.625. The van der Waals surface area contributed by atoms with Gasteiger partial charge in [0.25, 0.3) is 0 Å². The summed E-state index contributed by atoms with van der Waals surface area (Å²) in [6, 6.07) is 2.25. The van der Waals surface area contributed by atoms with Crippen molar-refractivity contribution in [3.05, 3.63) is 27.2 Å². The van der Waals surface area contributed by atoms with Crippen LogP contribution in [0.4, 0.5) is 0 Å². The van der Waals surface area contributed by atoms with Crippen molar-refractivity contribution in [1.29, 1.82) is 0 Å². The van der Waals surface area contributed by atoms with E-state index in [9.17, 15) is 0 Å². The summed E-state index contributed by atoms with van der Waals surface area (Å²) >= 11 is 3.65. The van der Waals surface area contributed by atoms with Crippen LogP contribution < -0.4 is 10.5 Å². The molecule has 2 aliphatic rings. The number of rotatable bonds is 3. The molecule has 2 nitrogen and oxygen atoms in total. The maximum absolute atomic E-state index is 6.60. The summed E-state index contributed by atoms with van der Waals surface area (Å²) in [7, 11) is 1.75. The summed E-state index contributed by atoms with van der Waals surface area (Å²) in [5.74, 6) is 3.41. The van der Waals surface area contributed by atoms with Crippen LogP contribution >= 0.6 is 15.9 Å². The van der Waals surface area contributed by atoms with E-state index < -0.39 is 0 Å². The van der Waals surface area contributed by atoms with Crippen LogP contribution in [0.1, 0.15) is 42.0 Å². The predicted molar refractivity (Wildman–Crippen MR) is 81.4 cm³/mol. The standard InChI is InChI=1S/C16H22BrNO/c1-8-7-12(17)9(2)13(16(8)19-3)15(18)14-10-5-4-6-11(10)14/h7,10-11,14-15H,4-6,18H2,1-3H3. The molecule has 0 radical (unpaired) electrons. The quantitative estimate of drug-likeness (QED) is 0.908. The third-order valence-corrected chi connectivity index (χ3v) is 5.96. The first-order valence-corrected chi connectivity index (χ1v) is 7.94. The summed E-state index contributed by atoms with van der Waals surface area (Å²) in [5.41, 5.74) is 10.2. The largest absolute Gasteiger partial charge is 0.496 e. The van der Waals surface area contributed by atoms with E-state index >= 15 is 0 Å². The molecule has 2 saturated carbocycles. The lowest BCUT2D eigenvalue weighted by atomic mass is 9.92. The maximum Gasteiger partial charge on any atom is 0.126 e. The second-order valence-corrected chi connectivity index (χ2v) is 6.96. The third kappa shape index (κ3) is 2.02. The van der Waals surface area contributed by atoms with Gasteiger partial charge in [0.05, 0.1) is 7.11 Å². The lowest BCUT2D eigenvalue weighted by Gasteiger charge is -2.22. The van der Waals surface area contributed by atoms with Crippen molar-refractivity contribution in [3.63, 3.8) is 0 Å². The topological polar surface area (TPSA) is 35.2 Å². The minimum absolute atomic E-state index is 0.126. The first-order valence-electron chi connectivity index (χ1n) is 7.15. The molecular weight excluding hydrogens is 302 g/mol. The normalized spacial score (nSPS) is 30.1. The number of benzene rings is 1. The Morgan fingerprint density at radius 1 is 1.32 bits per heavy atom. The lowest BCUT2D eigenvalue weighted by molar-refractivity contribution is 0.393.